The summed E-state index contributed by atoms with van der Waals surface area (Å²) in [6.45, 7) is 0.737. The maximum Gasteiger partial charge on any atom is 0.266 e. The molecular formula is C18H14Cl2F2N4O4S2. The Balaban J connectivity index is 1.59. The topological polar surface area (TPSA) is 102 Å². The van der Waals surface area contributed by atoms with Gasteiger partial charge in [-0.15, -0.1) is 0 Å². The molecule has 14 heteroatoms. The molecule has 2 aromatic carbocycles. The largest absolute Gasteiger partial charge is 0.460 e. The lowest BCUT2D eigenvalue weighted by molar-refractivity contribution is -0.125. The molecule has 0 spiro atoms. The maximum absolute atomic E-state index is 14.7. The Morgan fingerprint density at radius 3 is 2.72 bits per heavy atom. The van der Waals surface area contributed by atoms with Crippen molar-refractivity contribution in [3.05, 3.63) is 63.9 Å². The van der Waals surface area contributed by atoms with Crippen LogP contribution in [0.4, 0.5) is 13.9 Å². The Hall–Kier alpha value is -2.09. The normalized spacial score (nSPS) is 19.0. The van der Waals surface area contributed by atoms with Gasteiger partial charge in [0.15, 0.2) is 11.6 Å². The summed E-state index contributed by atoms with van der Waals surface area (Å²) in [6, 6.07) is 5.51. The third-order valence-corrected chi connectivity index (χ3v) is 7.23. The summed E-state index contributed by atoms with van der Waals surface area (Å²) in [5, 5.41) is 3.74. The van der Waals surface area contributed by atoms with Gasteiger partial charge in [0.05, 0.1) is 22.7 Å². The monoisotopic (exact) mass is 522 g/mol. The van der Waals surface area contributed by atoms with E-state index in [4.69, 9.17) is 32.7 Å². The molecule has 4 rings (SSSR count). The number of morpholine rings is 1. The molecule has 1 aliphatic heterocycles. The lowest BCUT2D eigenvalue weighted by Gasteiger charge is -2.33. The predicted octanol–water partition coefficient (Wildman–Crippen LogP) is 3.99. The molecule has 2 unspecified atom stereocenters. The van der Waals surface area contributed by atoms with Crippen LogP contribution in [0.25, 0.3) is 0 Å². The van der Waals surface area contributed by atoms with Gasteiger partial charge in [0.1, 0.15) is 17.0 Å². The second-order valence-electron chi connectivity index (χ2n) is 6.53. The van der Waals surface area contributed by atoms with E-state index >= 15 is 0 Å². The average molecular weight is 523 g/mol. The SMILES string of the molecule is O=S(=O)(Nc1ncns1)c1cc(F)c(OC2OCCNC2c2ccc(Cl)c(Cl)c2)cc1F. The van der Waals surface area contributed by atoms with Crippen molar-refractivity contribution in [1.82, 2.24) is 14.7 Å². The van der Waals surface area contributed by atoms with Crippen LogP contribution in [0.5, 0.6) is 5.75 Å². The molecule has 2 N–H and O–H groups in total. The lowest BCUT2D eigenvalue weighted by atomic mass is 10.1. The van der Waals surface area contributed by atoms with Crippen LogP contribution in [0, 0.1) is 11.6 Å². The highest BCUT2D eigenvalue weighted by Gasteiger charge is 2.31. The third kappa shape index (κ3) is 4.95. The van der Waals surface area contributed by atoms with E-state index in [1.807, 2.05) is 4.72 Å². The van der Waals surface area contributed by atoms with Gasteiger partial charge in [0, 0.05) is 30.2 Å². The molecule has 1 aliphatic rings. The number of halogens is 4. The van der Waals surface area contributed by atoms with Crippen LogP contribution in [-0.2, 0) is 14.8 Å². The van der Waals surface area contributed by atoms with Gasteiger partial charge < -0.3 is 14.8 Å². The van der Waals surface area contributed by atoms with Crippen LogP contribution in [0.1, 0.15) is 11.6 Å². The van der Waals surface area contributed by atoms with E-state index < -0.39 is 44.6 Å². The van der Waals surface area contributed by atoms with Crippen molar-refractivity contribution in [3.8, 4) is 5.75 Å². The van der Waals surface area contributed by atoms with E-state index in [1.54, 1.807) is 18.2 Å². The zero-order valence-electron chi connectivity index (χ0n) is 15.9. The molecule has 32 heavy (non-hydrogen) atoms. The number of aromatic nitrogens is 2. The van der Waals surface area contributed by atoms with Gasteiger partial charge in [0.25, 0.3) is 10.0 Å². The number of benzene rings is 2. The molecule has 0 aliphatic carbocycles. The molecular weight excluding hydrogens is 509 g/mol. The standard InChI is InChI=1S/C18H14Cl2F2N4O4S2/c19-10-2-1-9(5-11(10)20)16-17(29-4-3-23-16)30-14-6-13(22)15(7-12(14)21)32(27,28)26-18-24-8-25-31-18/h1-2,5-8,16-17,23H,3-4H2,(H,24,25,26). The van der Waals surface area contributed by atoms with Crippen molar-refractivity contribution in [2.45, 2.75) is 17.2 Å². The Labute approximate surface area is 195 Å². The van der Waals surface area contributed by atoms with Crippen LogP contribution in [-0.4, -0.2) is 37.2 Å². The van der Waals surface area contributed by atoms with Crippen molar-refractivity contribution in [2.24, 2.45) is 0 Å². The molecule has 170 valence electrons. The summed E-state index contributed by atoms with van der Waals surface area (Å²) < 4.78 is 71.0. The highest BCUT2D eigenvalue weighted by molar-refractivity contribution is 7.93. The van der Waals surface area contributed by atoms with Crippen molar-refractivity contribution in [2.75, 3.05) is 17.9 Å². The predicted molar refractivity (Wildman–Crippen MR) is 115 cm³/mol. The first-order chi connectivity index (χ1) is 15.2. The third-order valence-electron chi connectivity index (χ3n) is 4.43. The Morgan fingerprint density at radius 1 is 1.19 bits per heavy atom. The average Bonchev–Trinajstić information content (AvgIpc) is 3.25. The highest BCUT2D eigenvalue weighted by atomic mass is 35.5. The van der Waals surface area contributed by atoms with E-state index in [-0.39, 0.29) is 11.7 Å². The minimum atomic E-state index is -4.43. The van der Waals surface area contributed by atoms with Gasteiger partial charge >= 0.3 is 0 Å². The zero-order chi connectivity index (χ0) is 22.9. The Bertz CT molecular complexity index is 1230. The summed E-state index contributed by atoms with van der Waals surface area (Å²) in [5.74, 6) is -2.82. The molecule has 1 aromatic heterocycles. The van der Waals surface area contributed by atoms with Gasteiger partial charge in [-0.2, -0.15) is 4.37 Å². The first-order valence-corrected chi connectivity index (χ1v) is 12.0. The molecule has 2 heterocycles. The van der Waals surface area contributed by atoms with Crippen molar-refractivity contribution in [1.29, 1.82) is 0 Å². The number of nitrogens with one attached hydrogen (secondary N) is 2. The number of sulfonamides is 1. The first-order valence-electron chi connectivity index (χ1n) is 9.00. The van der Waals surface area contributed by atoms with Gasteiger partial charge in [0.2, 0.25) is 11.4 Å². The first kappa shape index (κ1) is 23.1. The van der Waals surface area contributed by atoms with Crippen molar-refractivity contribution >= 4 is 49.9 Å². The molecule has 0 saturated carbocycles. The summed E-state index contributed by atoms with van der Waals surface area (Å²) >= 11 is 12.8. The van der Waals surface area contributed by atoms with Crippen molar-refractivity contribution < 1.29 is 26.7 Å². The molecule has 0 radical (unpaired) electrons. The van der Waals surface area contributed by atoms with Crippen LogP contribution in [0.15, 0.2) is 41.6 Å². The van der Waals surface area contributed by atoms with Gasteiger partial charge in [-0.05, 0) is 17.7 Å². The van der Waals surface area contributed by atoms with E-state index in [0.29, 0.717) is 34.3 Å². The summed E-state index contributed by atoms with van der Waals surface area (Å²) in [5.41, 5.74) is 0.658. The van der Waals surface area contributed by atoms with Crippen LogP contribution in [0.2, 0.25) is 10.0 Å². The van der Waals surface area contributed by atoms with E-state index in [2.05, 4.69) is 14.7 Å². The fourth-order valence-electron chi connectivity index (χ4n) is 2.98. The molecule has 8 nitrogen and oxygen atoms in total. The number of hydrogen-bond donors (Lipinski definition) is 2. The molecule has 2 atom stereocenters. The van der Waals surface area contributed by atoms with Crippen molar-refractivity contribution in [3.63, 3.8) is 0 Å². The van der Waals surface area contributed by atoms with E-state index in [0.717, 1.165) is 17.9 Å². The maximum atomic E-state index is 14.7. The Morgan fingerprint density at radius 2 is 2.00 bits per heavy atom. The van der Waals surface area contributed by atoms with E-state index in [1.165, 1.54) is 0 Å². The molecule has 0 amide bonds. The number of nitrogens with zero attached hydrogens (tertiary/aromatic N) is 2. The minimum absolute atomic E-state index is 0.0868. The quantitative estimate of drug-likeness (QED) is 0.504. The molecule has 0 bridgehead atoms. The summed E-state index contributed by atoms with van der Waals surface area (Å²) in [4.78, 5) is 2.76. The Kier molecular flexibility index (Phi) is 6.79. The molecule has 1 saturated heterocycles. The fourth-order valence-corrected chi connectivity index (χ4v) is 5.02. The molecule has 1 fully saturated rings. The number of hydrogen-bond acceptors (Lipinski definition) is 8. The number of anilines is 1. The molecule has 3 aromatic rings. The fraction of sp³-hybridized carbons (Fsp3) is 0.222. The van der Waals surface area contributed by atoms with Crippen LogP contribution >= 0.6 is 34.7 Å². The number of ether oxygens (including phenoxy) is 2. The minimum Gasteiger partial charge on any atom is -0.460 e. The van der Waals surface area contributed by atoms with Crippen LogP contribution < -0.4 is 14.8 Å². The smallest absolute Gasteiger partial charge is 0.266 e. The van der Waals surface area contributed by atoms with Gasteiger partial charge in [-0.1, -0.05) is 29.3 Å². The van der Waals surface area contributed by atoms with Gasteiger partial charge in [-0.25, -0.2) is 22.2 Å². The van der Waals surface area contributed by atoms with Gasteiger partial charge in [-0.3, -0.25) is 4.72 Å². The lowest BCUT2D eigenvalue weighted by Crippen LogP contribution is -2.45. The highest BCUT2D eigenvalue weighted by Crippen LogP contribution is 2.32. The summed E-state index contributed by atoms with van der Waals surface area (Å²) in [6.07, 6.45) is 0.0793. The summed E-state index contributed by atoms with van der Waals surface area (Å²) in [7, 11) is -4.43. The van der Waals surface area contributed by atoms with E-state index in [9.17, 15) is 17.2 Å². The van der Waals surface area contributed by atoms with Crippen LogP contribution in [0.3, 0.4) is 0 Å². The number of rotatable bonds is 6. The zero-order valence-corrected chi connectivity index (χ0v) is 19.0. The second-order valence-corrected chi connectivity index (χ2v) is 9.77. The second kappa shape index (κ2) is 9.41.